The van der Waals surface area contributed by atoms with Gasteiger partial charge >= 0.3 is 18.1 Å². The van der Waals surface area contributed by atoms with Crippen LogP contribution in [0.4, 0.5) is 35.8 Å². The Bertz CT molecular complexity index is 1650. The lowest BCUT2D eigenvalue weighted by Gasteiger charge is -2.15. The summed E-state index contributed by atoms with van der Waals surface area (Å²) in [7, 11) is 4.50. The molecule has 312 valence electrons. The fraction of sp³-hybridized carbons (Fsp3) is 0.385. The van der Waals surface area contributed by atoms with Crippen LogP contribution < -0.4 is 49.1 Å². The van der Waals surface area contributed by atoms with Crippen LogP contribution >= 0.6 is 27.5 Å². The lowest BCUT2D eigenvalue weighted by molar-refractivity contribution is 0.255. The van der Waals surface area contributed by atoms with Gasteiger partial charge in [0.15, 0.2) is 17.9 Å². The van der Waals surface area contributed by atoms with E-state index in [9.17, 15) is 18.8 Å². The number of urea groups is 3. The highest BCUT2D eigenvalue weighted by atomic mass is 79.9. The molecule has 15 nitrogen and oxygen atoms in total. The molecule has 0 heterocycles. The first kappa shape index (κ1) is 49.6. The molecule has 0 radical (unpaired) electrons. The third-order valence-electron chi connectivity index (χ3n) is 8.25. The van der Waals surface area contributed by atoms with Crippen LogP contribution in [0.15, 0.2) is 55.8 Å². The van der Waals surface area contributed by atoms with Crippen LogP contribution in [0.1, 0.15) is 74.9 Å². The van der Waals surface area contributed by atoms with E-state index in [1.165, 1.54) is 33.3 Å². The molecule has 3 aromatic carbocycles. The van der Waals surface area contributed by atoms with Crippen LogP contribution in [0.3, 0.4) is 0 Å². The summed E-state index contributed by atoms with van der Waals surface area (Å²) >= 11 is 9.53. The van der Waals surface area contributed by atoms with Gasteiger partial charge in [0, 0.05) is 47.7 Å². The molecule has 0 spiro atoms. The van der Waals surface area contributed by atoms with Gasteiger partial charge in [-0.3, -0.25) is 30.9 Å². The highest BCUT2D eigenvalue weighted by Crippen LogP contribution is 2.29. The third-order valence-corrected chi connectivity index (χ3v) is 8.92. The summed E-state index contributed by atoms with van der Waals surface area (Å²) in [5, 5.41) is 16.3. The van der Waals surface area contributed by atoms with Crippen molar-refractivity contribution in [2.75, 3.05) is 37.1 Å². The van der Waals surface area contributed by atoms with Crippen molar-refractivity contribution in [2.45, 2.75) is 80.1 Å². The number of halogens is 3. The van der Waals surface area contributed by atoms with Crippen molar-refractivity contribution in [1.29, 1.82) is 0 Å². The summed E-state index contributed by atoms with van der Waals surface area (Å²) in [4.78, 5) is 46.3. The highest BCUT2D eigenvalue weighted by molar-refractivity contribution is 9.10. The molecule has 18 heteroatoms. The largest absolute Gasteiger partial charge is 0.370 e. The molecule has 0 aliphatic heterocycles. The van der Waals surface area contributed by atoms with Gasteiger partial charge in [-0.25, -0.2) is 18.8 Å². The molecule has 0 aliphatic rings. The summed E-state index contributed by atoms with van der Waals surface area (Å²) < 4.78 is 14.4. The Balaban J connectivity index is 0.000000427. The number of nitrogens with zero attached hydrogens (tertiary/aromatic N) is 3. The molecule has 57 heavy (non-hydrogen) atoms. The zero-order valence-corrected chi connectivity index (χ0v) is 36.5. The van der Waals surface area contributed by atoms with Gasteiger partial charge in [-0.05, 0) is 108 Å². The fourth-order valence-corrected chi connectivity index (χ4v) is 6.10. The number of nitrogens with one attached hydrogen (secondary N) is 6. The number of nitrogens with two attached hydrogens (primary N) is 3. The predicted molar refractivity (Wildman–Crippen MR) is 237 cm³/mol. The number of amides is 6. The van der Waals surface area contributed by atoms with E-state index < -0.39 is 12.1 Å². The van der Waals surface area contributed by atoms with Crippen molar-refractivity contribution in [3.8, 4) is 0 Å². The van der Waals surface area contributed by atoms with Crippen LogP contribution in [-0.4, -0.2) is 57.1 Å². The first-order valence-corrected chi connectivity index (χ1v) is 19.6. The summed E-state index contributed by atoms with van der Waals surface area (Å²) in [6, 6.07) is 9.29. The molecule has 6 amide bonds. The van der Waals surface area contributed by atoms with Gasteiger partial charge in [0.2, 0.25) is 0 Å². The Morgan fingerprint density at radius 3 is 1.04 bits per heavy atom. The minimum Gasteiger partial charge on any atom is -0.370 e. The molecule has 3 aromatic rings. The van der Waals surface area contributed by atoms with Crippen molar-refractivity contribution in [3.63, 3.8) is 0 Å². The van der Waals surface area contributed by atoms with Crippen molar-refractivity contribution < 1.29 is 18.8 Å². The van der Waals surface area contributed by atoms with Gasteiger partial charge in [-0.2, -0.15) is 0 Å². The monoisotopic (exact) mass is 874 g/mol. The number of aliphatic imine (C=N–C) groups is 3. The van der Waals surface area contributed by atoms with Gasteiger partial charge < -0.3 is 33.2 Å². The molecule has 0 unspecified atom stereocenters. The molecular formula is C39H57BrClFN12O3. The molecule has 12 N–H and O–H groups in total. The molecule has 0 bridgehead atoms. The van der Waals surface area contributed by atoms with Crippen LogP contribution in [-0.2, 0) is 38.5 Å². The quantitative estimate of drug-likeness (QED) is 0.0796. The molecule has 3 rings (SSSR count). The van der Waals surface area contributed by atoms with E-state index in [1.54, 1.807) is 0 Å². The number of rotatable bonds is 9. The first-order valence-electron chi connectivity index (χ1n) is 18.4. The second-order valence-corrected chi connectivity index (χ2v) is 13.3. The average molecular weight is 876 g/mol. The van der Waals surface area contributed by atoms with E-state index in [-0.39, 0.29) is 29.7 Å². The molecule has 0 saturated carbocycles. The maximum Gasteiger partial charge on any atom is 0.326 e. The minimum absolute atomic E-state index is 0.0238. The second kappa shape index (κ2) is 25.7. The van der Waals surface area contributed by atoms with E-state index in [1.807, 2.05) is 65.8 Å². The van der Waals surface area contributed by atoms with Crippen molar-refractivity contribution in [1.82, 2.24) is 16.0 Å². The maximum atomic E-state index is 13.4. The molecule has 0 saturated heterocycles. The van der Waals surface area contributed by atoms with E-state index in [0.717, 1.165) is 74.9 Å². The van der Waals surface area contributed by atoms with Crippen molar-refractivity contribution in [2.24, 2.45) is 32.2 Å². The van der Waals surface area contributed by atoms with Gasteiger partial charge in [-0.1, -0.05) is 69.1 Å². The Hall–Kier alpha value is -5.42. The molecule has 0 aliphatic carbocycles. The number of guanidine groups is 3. The number of hydrogen-bond acceptors (Lipinski definition) is 6. The van der Waals surface area contributed by atoms with Crippen LogP contribution in [0, 0.1) is 5.82 Å². The molecule has 0 fully saturated rings. The predicted octanol–water partition coefficient (Wildman–Crippen LogP) is 7.19. The standard InChI is InChI=1S/C13H19BrN4O.C13H19ClN4O.C13H19FN4O/c3*1-4-8-6-10(14)7-9(5-2)11(8)17-13(19)18-12(15)16-3/h3*6-7H,4-5H2,1-3H3,(H4,15,16,17,18,19). The summed E-state index contributed by atoms with van der Waals surface area (Å²) in [5.41, 5.74) is 24.2. The number of hydrogen-bond donors (Lipinski definition) is 9. The summed E-state index contributed by atoms with van der Waals surface area (Å²) in [6.45, 7) is 11.9. The summed E-state index contributed by atoms with van der Waals surface area (Å²) in [6.07, 6.45) is 4.47. The molecular weight excluding hydrogens is 819 g/mol. The second-order valence-electron chi connectivity index (χ2n) is 12.0. The Labute approximate surface area is 348 Å². The zero-order valence-electron chi connectivity index (χ0n) is 34.1. The first-order chi connectivity index (χ1) is 27.0. The van der Waals surface area contributed by atoms with Crippen LogP contribution in [0.25, 0.3) is 0 Å². The Morgan fingerprint density at radius 2 is 0.789 bits per heavy atom. The summed E-state index contributed by atoms with van der Waals surface area (Å²) in [5.74, 6) is -0.113. The number of anilines is 3. The van der Waals surface area contributed by atoms with Crippen molar-refractivity contribution >= 4 is 80.6 Å². The number of carbonyl (C=O) groups is 3. The number of benzene rings is 3. The van der Waals surface area contributed by atoms with E-state index in [2.05, 4.69) is 62.8 Å². The minimum atomic E-state index is -0.487. The lowest BCUT2D eigenvalue weighted by Crippen LogP contribution is -2.39. The fourth-order valence-electron chi connectivity index (χ4n) is 5.28. The van der Waals surface area contributed by atoms with E-state index in [4.69, 9.17) is 28.8 Å². The zero-order chi connectivity index (χ0) is 43.2. The lowest BCUT2D eigenvalue weighted by atomic mass is 10.0. The normalized spacial score (nSPS) is 11.3. The Kier molecular flexibility index (Phi) is 22.3. The topological polar surface area (TPSA) is 239 Å². The van der Waals surface area contributed by atoms with Crippen LogP contribution in [0.2, 0.25) is 5.02 Å². The third kappa shape index (κ3) is 16.7. The van der Waals surface area contributed by atoms with Crippen LogP contribution in [0.5, 0.6) is 0 Å². The smallest absolute Gasteiger partial charge is 0.326 e. The van der Waals surface area contributed by atoms with E-state index >= 15 is 0 Å². The Morgan fingerprint density at radius 1 is 0.544 bits per heavy atom. The van der Waals surface area contributed by atoms with Gasteiger partial charge in [0.05, 0.1) is 0 Å². The van der Waals surface area contributed by atoms with Crippen molar-refractivity contribution in [3.05, 3.63) is 85.1 Å². The highest BCUT2D eigenvalue weighted by Gasteiger charge is 2.15. The van der Waals surface area contributed by atoms with Gasteiger partial charge in [-0.15, -0.1) is 0 Å². The van der Waals surface area contributed by atoms with Gasteiger partial charge in [0.25, 0.3) is 0 Å². The van der Waals surface area contributed by atoms with Gasteiger partial charge in [0.1, 0.15) is 5.82 Å². The maximum absolute atomic E-state index is 13.4. The number of aryl methyl sites for hydroxylation is 6. The molecule has 0 aromatic heterocycles. The number of carbonyl (C=O) groups excluding carboxylic acids is 3. The SMILES string of the molecule is CCc1cc(Br)cc(CC)c1NC(=O)NC(N)=NC.CCc1cc(Cl)cc(CC)c1NC(=O)NC(N)=NC.CCc1cc(F)cc(CC)c1NC(=O)NC(N)=NC. The van der Waals surface area contributed by atoms with E-state index in [0.29, 0.717) is 23.6 Å². The molecule has 0 atom stereocenters. The average Bonchev–Trinajstić information content (AvgIpc) is 3.19.